The fourth-order valence-corrected chi connectivity index (χ4v) is 4.34. The number of carbonyl (C=O) groups excluding carboxylic acids is 1. The predicted molar refractivity (Wildman–Crippen MR) is 120 cm³/mol. The Morgan fingerprint density at radius 2 is 1.53 bits per heavy atom. The van der Waals surface area contributed by atoms with Crippen LogP contribution in [0.2, 0.25) is 0 Å². The molecular weight excluding hydrogens is 466 g/mol. The zero-order valence-electron chi connectivity index (χ0n) is 16.0. The molecule has 3 rings (SSSR count). The summed E-state index contributed by atoms with van der Waals surface area (Å²) in [4.78, 5) is 12.6. The molecule has 6 nitrogen and oxygen atoms in total. The third-order valence-electron chi connectivity index (χ3n) is 4.18. The Hall–Kier alpha value is -2.81. The Balaban J connectivity index is 1.77. The molecule has 0 aliphatic carbocycles. The predicted octanol–water partition coefficient (Wildman–Crippen LogP) is 3.79. The molecule has 0 aliphatic heterocycles. The maximum Gasteiger partial charge on any atom is 0.255 e. The zero-order chi connectivity index (χ0) is 21.4. The summed E-state index contributed by atoms with van der Waals surface area (Å²) in [6, 6.07) is 24.6. The normalized spacial score (nSPS) is 11.7. The fraction of sp³-hybridized carbons (Fsp3) is 0.0909. The Morgan fingerprint density at radius 1 is 0.933 bits per heavy atom. The number of benzene rings is 3. The molecule has 0 saturated heterocycles. The van der Waals surface area contributed by atoms with Crippen molar-refractivity contribution in [1.82, 2.24) is 9.73 Å². The highest BCUT2D eigenvalue weighted by molar-refractivity contribution is 9.10. The first kappa shape index (κ1) is 21.9. The van der Waals surface area contributed by atoms with Gasteiger partial charge in [-0.25, -0.2) is 13.8 Å². The van der Waals surface area contributed by atoms with Gasteiger partial charge in [-0.05, 0) is 35.4 Å². The van der Waals surface area contributed by atoms with Gasteiger partial charge in [-0.1, -0.05) is 76.6 Å². The molecule has 0 aliphatic rings. The van der Waals surface area contributed by atoms with Crippen molar-refractivity contribution < 1.29 is 13.2 Å². The minimum absolute atomic E-state index is 0.0559. The van der Waals surface area contributed by atoms with Crippen molar-refractivity contribution in [3.63, 3.8) is 0 Å². The van der Waals surface area contributed by atoms with Crippen LogP contribution in [0.25, 0.3) is 0 Å². The molecule has 0 saturated carbocycles. The Bertz CT molecular complexity index is 1100. The lowest BCUT2D eigenvalue weighted by Crippen LogP contribution is -2.39. The summed E-state index contributed by atoms with van der Waals surface area (Å²) >= 11 is 3.36. The number of hydrogen-bond acceptors (Lipinski definition) is 4. The van der Waals surface area contributed by atoms with Gasteiger partial charge in [0.1, 0.15) is 0 Å². The summed E-state index contributed by atoms with van der Waals surface area (Å²) in [6.45, 7) is -0.306. The molecule has 0 radical (unpaired) electrons. The van der Waals surface area contributed by atoms with Crippen molar-refractivity contribution in [3.8, 4) is 0 Å². The van der Waals surface area contributed by atoms with Gasteiger partial charge < -0.3 is 0 Å². The largest absolute Gasteiger partial charge is 0.272 e. The third kappa shape index (κ3) is 6.09. The first-order valence-electron chi connectivity index (χ1n) is 9.12. The zero-order valence-corrected chi connectivity index (χ0v) is 18.4. The first-order chi connectivity index (χ1) is 14.4. The van der Waals surface area contributed by atoms with Gasteiger partial charge in [-0.3, -0.25) is 4.79 Å². The van der Waals surface area contributed by atoms with Crippen molar-refractivity contribution in [1.29, 1.82) is 0 Å². The van der Waals surface area contributed by atoms with Gasteiger partial charge in [0.2, 0.25) is 10.0 Å². The molecule has 8 heteroatoms. The molecule has 30 heavy (non-hydrogen) atoms. The summed E-state index contributed by atoms with van der Waals surface area (Å²) in [5.41, 5.74) is 3.98. The summed E-state index contributed by atoms with van der Waals surface area (Å²) in [7, 11) is -3.87. The Morgan fingerprint density at radius 3 is 2.17 bits per heavy atom. The molecule has 3 aromatic carbocycles. The van der Waals surface area contributed by atoms with E-state index in [0.717, 1.165) is 19.9 Å². The lowest BCUT2D eigenvalue weighted by atomic mass is 10.2. The van der Waals surface area contributed by atoms with Crippen LogP contribution >= 0.6 is 15.9 Å². The second-order valence-electron chi connectivity index (χ2n) is 6.42. The first-order valence-corrected chi connectivity index (χ1v) is 11.3. The van der Waals surface area contributed by atoms with E-state index in [-0.39, 0.29) is 18.0 Å². The van der Waals surface area contributed by atoms with Crippen molar-refractivity contribution >= 4 is 38.1 Å². The van der Waals surface area contributed by atoms with Crippen LogP contribution in [-0.2, 0) is 21.4 Å². The number of nitrogens with zero attached hydrogens (tertiary/aromatic N) is 2. The molecule has 1 N–H and O–H groups in total. The average molecular weight is 486 g/mol. The van der Waals surface area contributed by atoms with E-state index < -0.39 is 15.9 Å². The quantitative estimate of drug-likeness (QED) is 0.389. The highest BCUT2D eigenvalue weighted by Crippen LogP contribution is 2.19. The summed E-state index contributed by atoms with van der Waals surface area (Å²) in [5, 5.41) is 3.92. The third-order valence-corrected chi connectivity index (χ3v) is 6.51. The number of carbonyl (C=O) groups is 1. The highest BCUT2D eigenvalue weighted by atomic mass is 79.9. The van der Waals surface area contributed by atoms with Gasteiger partial charge in [-0.2, -0.15) is 9.41 Å². The van der Waals surface area contributed by atoms with Crippen molar-refractivity contribution in [2.24, 2.45) is 5.10 Å². The van der Waals surface area contributed by atoms with E-state index in [9.17, 15) is 13.2 Å². The van der Waals surface area contributed by atoms with E-state index in [1.165, 1.54) is 18.3 Å². The highest BCUT2D eigenvalue weighted by Gasteiger charge is 2.26. The number of halogens is 1. The minimum atomic E-state index is -3.87. The van der Waals surface area contributed by atoms with Crippen LogP contribution in [0.15, 0.2) is 99.4 Å². The number of amides is 1. The molecule has 0 bridgehead atoms. The van der Waals surface area contributed by atoms with Gasteiger partial charge in [0.15, 0.2) is 0 Å². The number of rotatable bonds is 8. The maximum absolute atomic E-state index is 13.1. The number of hydrogen-bond donors (Lipinski definition) is 1. The fourth-order valence-electron chi connectivity index (χ4n) is 2.67. The van der Waals surface area contributed by atoms with Crippen molar-refractivity contribution in [2.75, 3.05) is 6.54 Å². The van der Waals surface area contributed by atoms with Crippen molar-refractivity contribution in [2.45, 2.75) is 11.4 Å². The van der Waals surface area contributed by atoms with E-state index >= 15 is 0 Å². The summed E-state index contributed by atoms with van der Waals surface area (Å²) < 4.78 is 28.3. The number of hydrazone groups is 1. The van der Waals surface area contributed by atoms with Gasteiger partial charge in [0.05, 0.1) is 17.7 Å². The molecule has 3 aromatic rings. The molecule has 0 aromatic heterocycles. The van der Waals surface area contributed by atoms with Crippen LogP contribution in [0.3, 0.4) is 0 Å². The lowest BCUT2D eigenvalue weighted by Gasteiger charge is -2.21. The molecule has 1 amide bonds. The summed E-state index contributed by atoms with van der Waals surface area (Å²) in [5.74, 6) is -0.529. The van der Waals surface area contributed by atoms with Gasteiger partial charge in [0.25, 0.3) is 5.91 Å². The van der Waals surface area contributed by atoms with Gasteiger partial charge in [-0.15, -0.1) is 0 Å². The van der Waals surface area contributed by atoms with E-state index in [0.29, 0.717) is 0 Å². The lowest BCUT2D eigenvalue weighted by molar-refractivity contribution is -0.121. The second-order valence-corrected chi connectivity index (χ2v) is 9.27. The van der Waals surface area contributed by atoms with E-state index in [1.807, 2.05) is 54.6 Å². The molecular formula is C22H20BrN3O3S. The Labute approximate surface area is 184 Å². The SMILES string of the molecule is O=C(CN(Cc1ccc(Br)cc1)S(=O)(=O)c1ccccc1)N/N=C\c1ccccc1. The monoisotopic (exact) mass is 485 g/mol. The number of sulfonamides is 1. The van der Waals surface area contributed by atoms with Crippen molar-refractivity contribution in [3.05, 3.63) is 101 Å². The average Bonchev–Trinajstić information content (AvgIpc) is 2.76. The van der Waals surface area contributed by atoms with Crippen LogP contribution in [0.5, 0.6) is 0 Å². The second kappa shape index (κ2) is 10.3. The molecule has 0 spiro atoms. The van der Waals surface area contributed by atoms with Crippen LogP contribution in [0.1, 0.15) is 11.1 Å². The molecule has 0 heterocycles. The van der Waals surface area contributed by atoms with Crippen LogP contribution in [0.4, 0.5) is 0 Å². The number of nitrogens with one attached hydrogen (secondary N) is 1. The van der Waals surface area contributed by atoms with Crippen LogP contribution in [0, 0.1) is 0 Å². The van der Waals surface area contributed by atoms with E-state index in [4.69, 9.17) is 0 Å². The standard InChI is InChI=1S/C22H20BrN3O3S/c23-20-13-11-19(12-14-20)16-26(30(28,29)21-9-5-2-6-10-21)17-22(27)25-24-15-18-7-3-1-4-8-18/h1-15H,16-17H2,(H,25,27)/b24-15-. The van der Waals surface area contributed by atoms with Gasteiger partial charge in [0, 0.05) is 11.0 Å². The Kier molecular flexibility index (Phi) is 7.51. The van der Waals surface area contributed by atoms with E-state index in [2.05, 4.69) is 26.5 Å². The molecule has 0 unspecified atom stereocenters. The molecule has 0 fully saturated rings. The molecule has 154 valence electrons. The smallest absolute Gasteiger partial charge is 0.255 e. The molecule has 0 atom stereocenters. The van der Waals surface area contributed by atoms with Gasteiger partial charge >= 0.3 is 0 Å². The van der Waals surface area contributed by atoms with E-state index in [1.54, 1.807) is 18.2 Å². The summed E-state index contributed by atoms with van der Waals surface area (Å²) in [6.07, 6.45) is 1.50. The van der Waals surface area contributed by atoms with Crippen LogP contribution < -0.4 is 5.43 Å². The van der Waals surface area contributed by atoms with Crippen LogP contribution in [-0.4, -0.2) is 31.4 Å². The minimum Gasteiger partial charge on any atom is -0.272 e. The topological polar surface area (TPSA) is 78.8 Å². The maximum atomic E-state index is 13.1.